The van der Waals surface area contributed by atoms with Gasteiger partial charge < -0.3 is 15.4 Å². The van der Waals surface area contributed by atoms with Crippen molar-refractivity contribution < 1.29 is 9.53 Å². The second kappa shape index (κ2) is 5.35. The molecule has 1 atom stereocenters. The van der Waals surface area contributed by atoms with Crippen LogP contribution in [0, 0.1) is 0 Å². The van der Waals surface area contributed by atoms with E-state index in [2.05, 4.69) is 17.6 Å². The zero-order chi connectivity index (χ0) is 11.3. The summed E-state index contributed by atoms with van der Waals surface area (Å²) in [6.45, 7) is 7.51. The third-order valence-electron chi connectivity index (χ3n) is 2.67. The normalized spacial score (nSPS) is 26.4. The number of amides is 1. The Balaban J connectivity index is 2.25. The van der Waals surface area contributed by atoms with Crippen LogP contribution in [0.1, 0.15) is 40.0 Å². The fourth-order valence-electron chi connectivity index (χ4n) is 1.79. The van der Waals surface area contributed by atoms with Crippen molar-refractivity contribution in [3.8, 4) is 0 Å². The predicted molar refractivity (Wildman–Crippen MR) is 59.9 cm³/mol. The number of hydrogen-bond donors (Lipinski definition) is 2. The van der Waals surface area contributed by atoms with Crippen LogP contribution in [0.5, 0.6) is 0 Å². The van der Waals surface area contributed by atoms with Crippen molar-refractivity contribution in [1.29, 1.82) is 0 Å². The van der Waals surface area contributed by atoms with Gasteiger partial charge in [-0.3, -0.25) is 0 Å². The maximum absolute atomic E-state index is 11.3. The SMILES string of the molecule is CC(C)OC(=O)NCC1(C)CCCCN1. The summed E-state index contributed by atoms with van der Waals surface area (Å²) in [4.78, 5) is 11.3. The topological polar surface area (TPSA) is 50.4 Å². The molecule has 0 aliphatic carbocycles. The molecule has 4 nitrogen and oxygen atoms in total. The van der Waals surface area contributed by atoms with Crippen LogP contribution in [-0.2, 0) is 4.74 Å². The van der Waals surface area contributed by atoms with E-state index in [-0.39, 0.29) is 17.7 Å². The Morgan fingerprint density at radius 2 is 2.27 bits per heavy atom. The van der Waals surface area contributed by atoms with Crippen LogP contribution < -0.4 is 10.6 Å². The molecule has 2 N–H and O–H groups in total. The maximum Gasteiger partial charge on any atom is 0.407 e. The van der Waals surface area contributed by atoms with E-state index in [0.717, 1.165) is 13.0 Å². The van der Waals surface area contributed by atoms with E-state index in [4.69, 9.17) is 4.74 Å². The van der Waals surface area contributed by atoms with Gasteiger partial charge in [0.1, 0.15) is 0 Å². The second-order valence-corrected chi connectivity index (χ2v) is 4.75. The lowest BCUT2D eigenvalue weighted by atomic mass is 9.91. The average molecular weight is 214 g/mol. The summed E-state index contributed by atoms with van der Waals surface area (Å²) < 4.78 is 5.01. The first kappa shape index (κ1) is 12.3. The molecule has 0 aromatic carbocycles. The molecule has 1 saturated heterocycles. The van der Waals surface area contributed by atoms with Crippen LogP contribution >= 0.6 is 0 Å². The highest BCUT2D eigenvalue weighted by Crippen LogP contribution is 2.17. The molecule has 1 unspecified atom stereocenters. The number of rotatable bonds is 3. The summed E-state index contributed by atoms with van der Waals surface area (Å²) in [6.07, 6.45) is 3.18. The number of carbonyl (C=O) groups is 1. The first-order chi connectivity index (χ1) is 7.02. The molecule has 0 saturated carbocycles. The second-order valence-electron chi connectivity index (χ2n) is 4.75. The number of alkyl carbamates (subject to hydrolysis) is 1. The third kappa shape index (κ3) is 4.51. The van der Waals surface area contributed by atoms with Crippen molar-refractivity contribution in [3.05, 3.63) is 0 Å². The zero-order valence-corrected chi connectivity index (χ0v) is 9.93. The fourth-order valence-corrected chi connectivity index (χ4v) is 1.79. The lowest BCUT2D eigenvalue weighted by molar-refractivity contribution is 0.111. The van der Waals surface area contributed by atoms with Crippen LogP contribution in [0.25, 0.3) is 0 Å². The Kier molecular flexibility index (Phi) is 4.39. The lowest BCUT2D eigenvalue weighted by Crippen LogP contribution is -2.53. The molecule has 0 aromatic heterocycles. The van der Waals surface area contributed by atoms with Gasteiger partial charge in [-0.25, -0.2) is 4.79 Å². The molecule has 1 aliphatic heterocycles. The van der Waals surface area contributed by atoms with Gasteiger partial charge in [0.05, 0.1) is 6.10 Å². The number of hydrogen-bond acceptors (Lipinski definition) is 3. The summed E-state index contributed by atoms with van der Waals surface area (Å²) in [5, 5.41) is 6.23. The van der Waals surface area contributed by atoms with E-state index >= 15 is 0 Å². The Hall–Kier alpha value is -0.770. The van der Waals surface area contributed by atoms with Crippen LogP contribution in [0.4, 0.5) is 4.79 Å². The van der Waals surface area contributed by atoms with Gasteiger partial charge in [-0.1, -0.05) is 6.42 Å². The summed E-state index contributed by atoms with van der Waals surface area (Å²) in [6, 6.07) is 0. The van der Waals surface area contributed by atoms with Gasteiger partial charge in [-0.15, -0.1) is 0 Å². The van der Waals surface area contributed by atoms with Crippen LogP contribution in [0.2, 0.25) is 0 Å². The van der Waals surface area contributed by atoms with Crippen molar-refractivity contribution in [3.63, 3.8) is 0 Å². The molecular weight excluding hydrogens is 192 g/mol. The number of carbonyl (C=O) groups excluding carboxylic acids is 1. The van der Waals surface area contributed by atoms with Gasteiger partial charge in [0, 0.05) is 12.1 Å². The first-order valence-electron chi connectivity index (χ1n) is 5.71. The Bertz CT molecular complexity index is 211. The van der Waals surface area contributed by atoms with Crippen molar-refractivity contribution in [1.82, 2.24) is 10.6 Å². The standard InChI is InChI=1S/C11H22N2O2/c1-9(2)15-10(14)12-8-11(3)6-4-5-7-13-11/h9,13H,4-8H2,1-3H3,(H,12,14). The molecule has 0 bridgehead atoms. The largest absolute Gasteiger partial charge is 0.447 e. The predicted octanol–water partition coefficient (Wildman–Crippen LogP) is 1.65. The molecule has 88 valence electrons. The molecule has 1 rings (SSSR count). The van der Waals surface area contributed by atoms with E-state index in [9.17, 15) is 4.79 Å². The van der Waals surface area contributed by atoms with Crippen LogP contribution in [0.3, 0.4) is 0 Å². The highest BCUT2D eigenvalue weighted by atomic mass is 16.6. The number of piperidine rings is 1. The Morgan fingerprint density at radius 1 is 1.53 bits per heavy atom. The highest BCUT2D eigenvalue weighted by molar-refractivity contribution is 5.67. The first-order valence-corrected chi connectivity index (χ1v) is 5.71. The minimum atomic E-state index is -0.321. The summed E-state index contributed by atoms with van der Waals surface area (Å²) >= 11 is 0. The van der Waals surface area contributed by atoms with Gasteiger partial charge >= 0.3 is 6.09 Å². The van der Waals surface area contributed by atoms with E-state index in [1.54, 1.807) is 0 Å². The number of nitrogens with one attached hydrogen (secondary N) is 2. The van der Waals surface area contributed by atoms with E-state index < -0.39 is 0 Å². The van der Waals surface area contributed by atoms with Gasteiger partial charge in [-0.05, 0) is 40.2 Å². The smallest absolute Gasteiger partial charge is 0.407 e. The van der Waals surface area contributed by atoms with E-state index in [1.165, 1.54) is 12.8 Å². The molecule has 0 aromatic rings. The van der Waals surface area contributed by atoms with Crippen molar-refractivity contribution in [2.45, 2.75) is 51.7 Å². The fraction of sp³-hybridized carbons (Fsp3) is 0.909. The Morgan fingerprint density at radius 3 is 2.80 bits per heavy atom. The Labute approximate surface area is 91.8 Å². The van der Waals surface area contributed by atoms with Gasteiger partial charge in [0.15, 0.2) is 0 Å². The highest BCUT2D eigenvalue weighted by Gasteiger charge is 2.26. The van der Waals surface area contributed by atoms with Crippen molar-refractivity contribution in [2.24, 2.45) is 0 Å². The molecular formula is C11H22N2O2. The van der Waals surface area contributed by atoms with Gasteiger partial charge in [0.25, 0.3) is 0 Å². The molecule has 1 aliphatic rings. The van der Waals surface area contributed by atoms with Gasteiger partial charge in [-0.2, -0.15) is 0 Å². The van der Waals surface area contributed by atoms with Crippen LogP contribution in [-0.4, -0.2) is 30.8 Å². The minimum Gasteiger partial charge on any atom is -0.447 e. The van der Waals surface area contributed by atoms with Crippen molar-refractivity contribution >= 4 is 6.09 Å². The monoisotopic (exact) mass is 214 g/mol. The molecule has 0 spiro atoms. The van der Waals surface area contributed by atoms with Gasteiger partial charge in [0.2, 0.25) is 0 Å². The third-order valence-corrected chi connectivity index (χ3v) is 2.67. The minimum absolute atomic E-state index is 0.0360. The van der Waals surface area contributed by atoms with Crippen LogP contribution in [0.15, 0.2) is 0 Å². The number of ether oxygens (including phenoxy) is 1. The molecule has 1 amide bonds. The summed E-state index contributed by atoms with van der Waals surface area (Å²) in [5.41, 5.74) is 0.0360. The summed E-state index contributed by atoms with van der Waals surface area (Å²) in [7, 11) is 0. The molecule has 1 fully saturated rings. The molecule has 0 radical (unpaired) electrons. The average Bonchev–Trinajstić information content (AvgIpc) is 2.15. The quantitative estimate of drug-likeness (QED) is 0.751. The molecule has 15 heavy (non-hydrogen) atoms. The van der Waals surface area contributed by atoms with Crippen molar-refractivity contribution in [2.75, 3.05) is 13.1 Å². The summed E-state index contributed by atoms with van der Waals surface area (Å²) in [5.74, 6) is 0. The molecule has 1 heterocycles. The van der Waals surface area contributed by atoms with E-state index in [0.29, 0.717) is 6.54 Å². The molecule has 4 heteroatoms. The maximum atomic E-state index is 11.3. The lowest BCUT2D eigenvalue weighted by Gasteiger charge is -2.35. The zero-order valence-electron chi connectivity index (χ0n) is 9.93. The van der Waals surface area contributed by atoms with E-state index in [1.807, 2.05) is 13.8 Å².